The Morgan fingerprint density at radius 3 is 2.30 bits per heavy atom. The van der Waals surface area contributed by atoms with E-state index < -0.39 is 99.7 Å². The molecule has 0 aromatic rings. The number of fused-ring (bicyclic) bond motifs is 5. The summed E-state index contributed by atoms with van der Waals surface area (Å²) in [7, 11) is -5.04. The second kappa shape index (κ2) is 12.7. The van der Waals surface area contributed by atoms with E-state index in [1.807, 2.05) is 34.6 Å². The first-order chi connectivity index (χ1) is 21.2. The van der Waals surface area contributed by atoms with Crippen molar-refractivity contribution in [2.24, 2.45) is 40.4 Å². The molecule has 0 amide bonds. The summed E-state index contributed by atoms with van der Waals surface area (Å²) in [5.74, 6) is -2.47. The summed E-state index contributed by atoms with van der Waals surface area (Å²) >= 11 is 0. The van der Waals surface area contributed by atoms with Crippen LogP contribution in [0, 0.1) is 40.4 Å². The average Bonchev–Trinajstić information content (AvgIpc) is 3.17. The number of allylic oxidation sites excluding steroid dienone is 1. The maximum absolute atomic E-state index is 12.7. The Bertz CT molecular complexity index is 1290. The molecule has 46 heavy (non-hydrogen) atoms. The number of ether oxygens (including phenoxy) is 2. The van der Waals surface area contributed by atoms with Gasteiger partial charge in [-0.25, -0.2) is 4.18 Å². The van der Waals surface area contributed by atoms with E-state index in [0.717, 1.165) is 0 Å². The van der Waals surface area contributed by atoms with Gasteiger partial charge in [0.05, 0.1) is 36.6 Å². The van der Waals surface area contributed by atoms with Gasteiger partial charge in [0.25, 0.3) is 0 Å². The summed E-state index contributed by atoms with van der Waals surface area (Å²) in [6, 6.07) is 0. The zero-order chi connectivity index (χ0) is 34.1. The molecule has 13 nitrogen and oxygen atoms in total. The molecule has 0 aromatic carbocycles. The number of aliphatic hydroxyl groups excluding tert-OH is 6. The van der Waals surface area contributed by atoms with Crippen molar-refractivity contribution in [3.8, 4) is 0 Å². The van der Waals surface area contributed by atoms with Gasteiger partial charge in [-0.15, -0.1) is 0 Å². The van der Waals surface area contributed by atoms with Crippen LogP contribution in [0.1, 0.15) is 66.7 Å². The van der Waals surface area contributed by atoms with Gasteiger partial charge in [-0.05, 0) is 65.8 Å². The van der Waals surface area contributed by atoms with Crippen LogP contribution in [0.5, 0.6) is 0 Å². The molecule has 0 radical (unpaired) electrons. The topological polar surface area (TPSA) is 224 Å². The highest BCUT2D eigenvalue weighted by molar-refractivity contribution is 7.80. The minimum atomic E-state index is -5.04. The molecular formula is C32H52O13S. The summed E-state index contributed by atoms with van der Waals surface area (Å²) in [5.41, 5.74) is -2.69. The van der Waals surface area contributed by atoms with Crippen molar-refractivity contribution >= 4 is 10.4 Å². The molecular weight excluding hydrogens is 624 g/mol. The van der Waals surface area contributed by atoms with E-state index in [-0.39, 0.29) is 24.9 Å². The van der Waals surface area contributed by atoms with Gasteiger partial charge in [0.1, 0.15) is 24.4 Å². The van der Waals surface area contributed by atoms with Crippen molar-refractivity contribution in [1.82, 2.24) is 0 Å². The number of rotatable bonds is 8. The minimum absolute atomic E-state index is 0.0426. The Labute approximate surface area is 270 Å². The van der Waals surface area contributed by atoms with Crippen LogP contribution in [0.2, 0.25) is 0 Å². The second-order valence-electron chi connectivity index (χ2n) is 15.3. The van der Waals surface area contributed by atoms with Crippen LogP contribution < -0.4 is 0 Å². The van der Waals surface area contributed by atoms with Crippen molar-refractivity contribution in [3.05, 3.63) is 23.8 Å². The van der Waals surface area contributed by atoms with Crippen LogP contribution in [-0.4, -0.2) is 116 Å². The van der Waals surface area contributed by atoms with Crippen molar-refractivity contribution < 1.29 is 62.4 Å². The summed E-state index contributed by atoms with van der Waals surface area (Å²) in [6.45, 7) is 9.22. The zero-order valence-electron chi connectivity index (χ0n) is 27.1. The normalized spacial score (nSPS) is 49.3. The van der Waals surface area contributed by atoms with Crippen LogP contribution in [0.4, 0.5) is 0 Å². The Morgan fingerprint density at radius 1 is 1.00 bits per heavy atom. The third kappa shape index (κ3) is 6.15. The molecule has 264 valence electrons. The standard InChI is InChI=1S/C32H52O13S/c1-15(2)19(33)7-6-16(3)23-25(37)27(45-46(40,41)42)28-31(23,5)11-9-22-30(4)10-8-17(12-18(30)20(34)13-32(22,28)39)44-29-26(38)24(36)21(35)14-43-29/h6-7,12,15-17,19-29,33-39H,8-11,13-14H2,1-5H3,(H,40,41,42)/b7-6+/t16-,17+,19?,20-,21-,22?,23+,24+,25-,26-,27+,28?,29+,30+,31-,32+/m1/s1. The first-order valence-corrected chi connectivity index (χ1v) is 17.7. The molecule has 1 saturated heterocycles. The van der Waals surface area contributed by atoms with Crippen LogP contribution in [-0.2, 0) is 24.1 Å². The van der Waals surface area contributed by atoms with Crippen LogP contribution in [0.15, 0.2) is 23.8 Å². The summed E-state index contributed by atoms with van der Waals surface area (Å²) in [6.07, 6.45) is -3.83. The first-order valence-electron chi connectivity index (χ1n) is 16.4. The fourth-order valence-electron chi connectivity index (χ4n) is 9.93. The largest absolute Gasteiger partial charge is 0.397 e. The third-order valence-electron chi connectivity index (χ3n) is 12.1. The molecule has 4 fully saturated rings. The Morgan fingerprint density at radius 2 is 1.67 bits per heavy atom. The van der Waals surface area contributed by atoms with E-state index in [2.05, 4.69) is 0 Å². The fourth-order valence-corrected chi connectivity index (χ4v) is 10.4. The highest BCUT2D eigenvalue weighted by Crippen LogP contribution is 2.69. The van der Waals surface area contributed by atoms with Gasteiger partial charge in [0.15, 0.2) is 6.29 Å². The Kier molecular flexibility index (Phi) is 10.0. The number of hydrogen-bond acceptors (Lipinski definition) is 12. The van der Waals surface area contributed by atoms with Gasteiger partial charge in [-0.2, -0.15) is 8.42 Å². The fraction of sp³-hybridized carbons (Fsp3) is 0.875. The van der Waals surface area contributed by atoms with Crippen LogP contribution in [0.25, 0.3) is 0 Å². The van der Waals surface area contributed by atoms with Gasteiger partial charge >= 0.3 is 10.4 Å². The van der Waals surface area contributed by atoms with E-state index in [1.165, 1.54) is 0 Å². The number of aliphatic hydroxyl groups is 7. The Balaban J connectivity index is 1.47. The average molecular weight is 677 g/mol. The lowest BCUT2D eigenvalue weighted by atomic mass is 9.43. The molecule has 1 heterocycles. The maximum Gasteiger partial charge on any atom is 0.397 e. The van der Waals surface area contributed by atoms with E-state index in [1.54, 1.807) is 18.2 Å². The quantitative estimate of drug-likeness (QED) is 0.129. The molecule has 1 aliphatic heterocycles. The van der Waals surface area contributed by atoms with Gasteiger partial charge in [-0.1, -0.05) is 52.8 Å². The van der Waals surface area contributed by atoms with Crippen molar-refractivity contribution in [1.29, 1.82) is 0 Å². The van der Waals surface area contributed by atoms with Gasteiger partial charge in [-0.3, -0.25) is 4.55 Å². The molecule has 0 aromatic heterocycles. The highest BCUT2D eigenvalue weighted by atomic mass is 32.3. The van der Waals surface area contributed by atoms with E-state index in [9.17, 15) is 48.7 Å². The first kappa shape index (κ1) is 36.3. The molecule has 4 aliphatic carbocycles. The summed E-state index contributed by atoms with van der Waals surface area (Å²) in [4.78, 5) is 0. The smallest absolute Gasteiger partial charge is 0.390 e. The monoisotopic (exact) mass is 676 g/mol. The lowest BCUT2D eigenvalue weighted by Crippen LogP contribution is -2.66. The third-order valence-corrected chi connectivity index (χ3v) is 12.6. The Hall–Kier alpha value is -1.01. The molecule has 3 unspecified atom stereocenters. The molecule has 8 N–H and O–H groups in total. The van der Waals surface area contributed by atoms with Gasteiger partial charge < -0.3 is 45.2 Å². The molecule has 3 saturated carbocycles. The second-order valence-corrected chi connectivity index (χ2v) is 16.3. The molecule has 5 rings (SSSR count). The van der Waals surface area contributed by atoms with E-state index >= 15 is 0 Å². The number of hydrogen-bond donors (Lipinski definition) is 8. The van der Waals surface area contributed by atoms with E-state index in [4.69, 9.17) is 13.7 Å². The predicted molar refractivity (Wildman–Crippen MR) is 163 cm³/mol. The molecule has 14 heteroatoms. The predicted octanol–water partition coefficient (Wildman–Crippen LogP) is 0.453. The van der Waals surface area contributed by atoms with E-state index in [0.29, 0.717) is 31.3 Å². The lowest BCUT2D eigenvalue weighted by Gasteiger charge is -2.64. The SMILES string of the molecule is CC(C)C(O)/C=C/[C@@H](C)[C@H]1[C@@H](O)[C@H](OS(=O)(=O)O)C2[C@]3(O)C[C@@H](O)C4=C[C@@H](O[C@@H]5OC[C@@H](O)[C@H](O)[C@H]5O)CC[C@]4(C)C3CC[C@@]21C. The minimum Gasteiger partial charge on any atom is -0.390 e. The van der Waals surface area contributed by atoms with Gasteiger partial charge in [0, 0.05) is 12.3 Å². The highest BCUT2D eigenvalue weighted by Gasteiger charge is 2.73. The summed E-state index contributed by atoms with van der Waals surface area (Å²) < 4.78 is 50.6. The van der Waals surface area contributed by atoms with Gasteiger partial charge in [0.2, 0.25) is 0 Å². The summed E-state index contributed by atoms with van der Waals surface area (Å²) in [5, 5.41) is 76.7. The molecule has 0 spiro atoms. The lowest BCUT2D eigenvalue weighted by molar-refractivity contribution is -0.280. The van der Waals surface area contributed by atoms with Crippen LogP contribution >= 0.6 is 0 Å². The zero-order valence-corrected chi connectivity index (χ0v) is 27.9. The molecule has 16 atom stereocenters. The van der Waals surface area contributed by atoms with Crippen molar-refractivity contribution in [2.45, 2.75) is 127 Å². The van der Waals surface area contributed by atoms with Crippen molar-refractivity contribution in [3.63, 3.8) is 0 Å². The maximum atomic E-state index is 12.7. The molecule has 5 aliphatic rings. The van der Waals surface area contributed by atoms with Crippen molar-refractivity contribution in [2.75, 3.05) is 6.61 Å². The molecule has 0 bridgehead atoms. The van der Waals surface area contributed by atoms with Crippen LogP contribution in [0.3, 0.4) is 0 Å².